The lowest BCUT2D eigenvalue weighted by molar-refractivity contribution is -0.274. The van der Waals surface area contributed by atoms with Crippen molar-refractivity contribution in [2.45, 2.75) is 6.36 Å². The number of anilines is 1. The number of para-hydroxylation sites is 2. The van der Waals surface area contributed by atoms with E-state index < -0.39 is 18.0 Å². The van der Waals surface area contributed by atoms with Gasteiger partial charge in [-0.3, -0.25) is 4.79 Å². The number of nitrogens with one attached hydrogen (secondary N) is 2. The van der Waals surface area contributed by atoms with Crippen LogP contribution >= 0.6 is 15.9 Å². The molecule has 4 nitrogen and oxygen atoms in total. The van der Waals surface area contributed by atoms with Crippen LogP contribution in [0, 0.1) is 0 Å². The van der Waals surface area contributed by atoms with E-state index in [0.29, 0.717) is 4.47 Å². The zero-order valence-electron chi connectivity index (χ0n) is 9.79. The van der Waals surface area contributed by atoms with Crippen molar-refractivity contribution >= 4 is 27.5 Å². The second-order valence-corrected chi connectivity index (χ2v) is 4.65. The third-order valence-electron chi connectivity index (χ3n) is 2.25. The molecule has 2 rings (SSSR count). The van der Waals surface area contributed by atoms with Crippen molar-refractivity contribution in [3.63, 3.8) is 0 Å². The number of aromatic amines is 1. The second kappa shape index (κ2) is 5.58. The van der Waals surface area contributed by atoms with Crippen LogP contribution in [0.5, 0.6) is 5.75 Å². The number of carbonyl (C=O) groups excluding carboxylic acids is 1. The smallest absolute Gasteiger partial charge is 0.404 e. The van der Waals surface area contributed by atoms with Crippen LogP contribution in [0.25, 0.3) is 0 Å². The average Bonchev–Trinajstić information content (AvgIpc) is 2.77. The zero-order chi connectivity index (χ0) is 14.8. The molecular weight excluding hydrogens is 341 g/mol. The highest BCUT2D eigenvalue weighted by molar-refractivity contribution is 9.10. The summed E-state index contributed by atoms with van der Waals surface area (Å²) in [5.74, 6) is -1.05. The zero-order valence-corrected chi connectivity index (χ0v) is 11.4. The van der Waals surface area contributed by atoms with Crippen molar-refractivity contribution in [3.05, 3.63) is 46.7 Å². The minimum Gasteiger partial charge on any atom is -0.404 e. The number of H-pyrrole nitrogens is 1. The third kappa shape index (κ3) is 3.77. The number of amides is 1. The Kier molecular flexibility index (Phi) is 4.03. The average molecular weight is 349 g/mol. The molecule has 0 aliphatic rings. The van der Waals surface area contributed by atoms with E-state index in [2.05, 4.69) is 31.0 Å². The number of benzene rings is 1. The van der Waals surface area contributed by atoms with E-state index in [1.807, 2.05) is 0 Å². The maximum atomic E-state index is 12.2. The molecule has 2 N–H and O–H groups in total. The van der Waals surface area contributed by atoms with E-state index in [1.54, 1.807) is 0 Å². The summed E-state index contributed by atoms with van der Waals surface area (Å²) in [4.78, 5) is 14.5. The van der Waals surface area contributed by atoms with E-state index in [1.165, 1.54) is 30.5 Å². The lowest BCUT2D eigenvalue weighted by Crippen LogP contribution is -2.19. The van der Waals surface area contributed by atoms with Gasteiger partial charge >= 0.3 is 6.36 Å². The maximum absolute atomic E-state index is 12.2. The Balaban J connectivity index is 2.19. The summed E-state index contributed by atoms with van der Waals surface area (Å²) in [5.41, 5.74) is 0.138. The highest BCUT2D eigenvalue weighted by Gasteiger charge is 2.32. The van der Waals surface area contributed by atoms with Gasteiger partial charge < -0.3 is 15.0 Å². The number of hydrogen-bond donors (Lipinski definition) is 2. The molecule has 1 aromatic heterocycles. The van der Waals surface area contributed by atoms with Crippen LogP contribution in [0.4, 0.5) is 18.9 Å². The van der Waals surface area contributed by atoms with E-state index in [4.69, 9.17) is 0 Å². The lowest BCUT2D eigenvalue weighted by atomic mass is 10.3. The largest absolute Gasteiger partial charge is 0.573 e. The van der Waals surface area contributed by atoms with Crippen LogP contribution in [0.2, 0.25) is 0 Å². The van der Waals surface area contributed by atoms with Crippen LogP contribution in [0.1, 0.15) is 10.5 Å². The van der Waals surface area contributed by atoms with Gasteiger partial charge in [0.25, 0.3) is 5.91 Å². The summed E-state index contributed by atoms with van der Waals surface area (Å²) in [6.45, 7) is 0. The molecule has 1 aromatic carbocycles. The topological polar surface area (TPSA) is 54.1 Å². The molecule has 1 amide bonds. The van der Waals surface area contributed by atoms with Crippen LogP contribution in [-0.4, -0.2) is 17.3 Å². The lowest BCUT2D eigenvalue weighted by Gasteiger charge is -2.13. The van der Waals surface area contributed by atoms with Gasteiger partial charge in [0.2, 0.25) is 0 Å². The third-order valence-corrected chi connectivity index (χ3v) is 2.71. The van der Waals surface area contributed by atoms with Crippen molar-refractivity contribution in [3.8, 4) is 5.75 Å². The molecule has 20 heavy (non-hydrogen) atoms. The van der Waals surface area contributed by atoms with Gasteiger partial charge in [-0.15, -0.1) is 13.2 Å². The summed E-state index contributed by atoms with van der Waals surface area (Å²) in [6.07, 6.45) is -3.29. The molecule has 0 spiro atoms. The Morgan fingerprint density at radius 2 is 2.00 bits per heavy atom. The monoisotopic (exact) mass is 348 g/mol. The number of halogens is 4. The van der Waals surface area contributed by atoms with Crippen molar-refractivity contribution in [1.29, 1.82) is 0 Å². The van der Waals surface area contributed by atoms with Gasteiger partial charge in [-0.05, 0) is 34.1 Å². The molecule has 0 radical (unpaired) electrons. The molecule has 0 unspecified atom stereocenters. The van der Waals surface area contributed by atoms with Gasteiger partial charge in [-0.25, -0.2) is 0 Å². The number of ether oxygens (including phenoxy) is 1. The molecule has 0 saturated carbocycles. The van der Waals surface area contributed by atoms with Crippen molar-refractivity contribution in [2.24, 2.45) is 0 Å². The van der Waals surface area contributed by atoms with Crippen LogP contribution in [0.3, 0.4) is 0 Å². The van der Waals surface area contributed by atoms with E-state index in [-0.39, 0.29) is 11.4 Å². The SMILES string of the molecule is O=C(Nc1ccccc1OC(F)(F)F)c1cc(Br)c[nH]1. The molecule has 1 heterocycles. The minimum atomic E-state index is -4.82. The summed E-state index contributed by atoms with van der Waals surface area (Å²) in [5, 5.41) is 2.35. The molecule has 0 aliphatic carbocycles. The molecular formula is C12H8BrF3N2O2. The van der Waals surface area contributed by atoms with Gasteiger partial charge in [0.15, 0.2) is 5.75 Å². The van der Waals surface area contributed by atoms with Crippen LogP contribution in [0.15, 0.2) is 41.0 Å². The first-order valence-corrected chi connectivity index (χ1v) is 6.14. The molecule has 0 atom stereocenters. The van der Waals surface area contributed by atoms with Crippen LogP contribution in [-0.2, 0) is 0 Å². The molecule has 8 heteroatoms. The second-order valence-electron chi connectivity index (χ2n) is 3.73. The van der Waals surface area contributed by atoms with E-state index in [0.717, 1.165) is 6.07 Å². The molecule has 0 saturated heterocycles. The highest BCUT2D eigenvalue weighted by atomic mass is 79.9. The first-order chi connectivity index (χ1) is 9.35. The number of hydrogen-bond acceptors (Lipinski definition) is 2. The Labute approximate surface area is 120 Å². The predicted molar refractivity (Wildman–Crippen MR) is 69.6 cm³/mol. The van der Waals surface area contributed by atoms with Gasteiger partial charge in [0, 0.05) is 10.7 Å². The minimum absolute atomic E-state index is 0.0689. The Morgan fingerprint density at radius 3 is 2.60 bits per heavy atom. The van der Waals surface area contributed by atoms with Crippen molar-refractivity contribution < 1.29 is 22.7 Å². The molecule has 0 fully saturated rings. The van der Waals surface area contributed by atoms with Gasteiger partial charge in [0.1, 0.15) is 5.69 Å². The summed E-state index contributed by atoms with van der Waals surface area (Å²) < 4.78 is 41.2. The summed E-state index contributed by atoms with van der Waals surface area (Å²) in [6, 6.07) is 6.80. The molecule has 0 aliphatic heterocycles. The Bertz CT molecular complexity index is 625. The first-order valence-electron chi connectivity index (χ1n) is 5.35. The van der Waals surface area contributed by atoms with Gasteiger partial charge in [-0.2, -0.15) is 0 Å². The Morgan fingerprint density at radius 1 is 1.30 bits per heavy atom. The van der Waals surface area contributed by atoms with Crippen molar-refractivity contribution in [1.82, 2.24) is 4.98 Å². The number of alkyl halides is 3. The normalized spacial score (nSPS) is 11.2. The maximum Gasteiger partial charge on any atom is 0.573 e. The molecule has 2 aromatic rings. The fourth-order valence-electron chi connectivity index (χ4n) is 1.47. The van der Waals surface area contributed by atoms with E-state index in [9.17, 15) is 18.0 Å². The number of rotatable bonds is 3. The fourth-order valence-corrected chi connectivity index (χ4v) is 1.82. The summed E-state index contributed by atoms with van der Waals surface area (Å²) >= 11 is 3.16. The van der Waals surface area contributed by atoms with Gasteiger partial charge in [0.05, 0.1) is 5.69 Å². The fraction of sp³-hybridized carbons (Fsp3) is 0.0833. The van der Waals surface area contributed by atoms with Gasteiger partial charge in [-0.1, -0.05) is 12.1 Å². The predicted octanol–water partition coefficient (Wildman–Crippen LogP) is 3.93. The quantitative estimate of drug-likeness (QED) is 0.882. The number of carbonyl (C=O) groups is 1. The van der Waals surface area contributed by atoms with E-state index >= 15 is 0 Å². The molecule has 106 valence electrons. The standard InChI is InChI=1S/C12H8BrF3N2O2/c13-7-5-9(17-6-7)11(19)18-8-3-1-2-4-10(8)20-12(14,15)16/h1-6,17H,(H,18,19). The Hall–Kier alpha value is -1.96. The summed E-state index contributed by atoms with van der Waals surface area (Å²) in [7, 11) is 0. The first kappa shape index (κ1) is 14.4. The highest BCUT2D eigenvalue weighted by Crippen LogP contribution is 2.30. The van der Waals surface area contributed by atoms with Crippen molar-refractivity contribution in [2.75, 3.05) is 5.32 Å². The molecule has 0 bridgehead atoms. The van der Waals surface area contributed by atoms with Crippen LogP contribution < -0.4 is 10.1 Å². The number of aromatic nitrogens is 1.